The number of fused-ring (bicyclic) bond motifs is 1. The van der Waals surface area contributed by atoms with Gasteiger partial charge in [-0.3, -0.25) is 9.59 Å². The lowest BCUT2D eigenvalue weighted by atomic mass is 10.0. The van der Waals surface area contributed by atoms with Crippen LogP contribution in [0.15, 0.2) is 45.6 Å². The second kappa shape index (κ2) is 8.75. The van der Waals surface area contributed by atoms with Crippen molar-refractivity contribution >= 4 is 17.4 Å². The number of hydrogen-bond donors (Lipinski definition) is 4. The molecule has 0 aliphatic heterocycles. The van der Waals surface area contributed by atoms with E-state index in [1.807, 2.05) is 13.8 Å². The Morgan fingerprint density at radius 3 is 2.37 bits per heavy atom. The van der Waals surface area contributed by atoms with E-state index in [9.17, 15) is 24.9 Å². The molecule has 0 atom stereocenters. The number of amides is 1. The van der Waals surface area contributed by atoms with Crippen LogP contribution in [0.2, 0.25) is 0 Å². The second-order valence-corrected chi connectivity index (χ2v) is 5.39. The van der Waals surface area contributed by atoms with Crippen molar-refractivity contribution in [1.29, 1.82) is 0 Å². The van der Waals surface area contributed by atoms with E-state index in [1.165, 1.54) is 0 Å². The predicted molar refractivity (Wildman–Crippen MR) is 102 cm³/mol. The largest absolute Gasteiger partial charge is 0.507 e. The number of nitrogens with one attached hydrogen (secondary N) is 1. The summed E-state index contributed by atoms with van der Waals surface area (Å²) in [5.41, 5.74) is -0.121. The van der Waals surface area contributed by atoms with Gasteiger partial charge in [-0.15, -0.1) is 0 Å². The lowest BCUT2D eigenvalue weighted by Crippen LogP contribution is -2.15. The Morgan fingerprint density at radius 1 is 1.07 bits per heavy atom. The van der Waals surface area contributed by atoms with Gasteiger partial charge in [0.2, 0.25) is 17.6 Å². The topological polar surface area (TPSA) is 120 Å². The highest BCUT2D eigenvalue weighted by Crippen LogP contribution is 2.38. The minimum absolute atomic E-state index is 0.0353. The van der Waals surface area contributed by atoms with Crippen molar-refractivity contribution in [2.75, 3.05) is 6.54 Å². The van der Waals surface area contributed by atoms with Crippen LogP contribution in [-0.4, -0.2) is 28.3 Å². The van der Waals surface area contributed by atoms with Crippen LogP contribution in [0.4, 0.5) is 0 Å². The van der Waals surface area contributed by atoms with Crippen molar-refractivity contribution < 1.29 is 24.5 Å². The van der Waals surface area contributed by atoms with Gasteiger partial charge < -0.3 is 25.1 Å². The summed E-state index contributed by atoms with van der Waals surface area (Å²) in [6.45, 7) is 4.20. The Hall–Kier alpha value is -3.48. The molecule has 0 aliphatic carbocycles. The molecule has 27 heavy (non-hydrogen) atoms. The molecular weight excluding hydrogens is 350 g/mol. The maximum absolute atomic E-state index is 12.5. The number of carbonyl (C=O) groups is 1. The molecule has 0 saturated heterocycles. The Morgan fingerprint density at radius 2 is 1.74 bits per heavy atom. The zero-order valence-corrected chi connectivity index (χ0v) is 15.0. The number of phenolic OH excluding ortho intramolecular Hbond substituents is 2. The number of carbonyl (C=O) groups excluding carboxylic acids is 1. The Bertz CT molecular complexity index is 995. The minimum atomic E-state index is -0.804. The van der Waals surface area contributed by atoms with E-state index in [0.717, 1.165) is 6.07 Å². The Kier molecular flexibility index (Phi) is 6.43. The first-order valence-corrected chi connectivity index (χ1v) is 8.50. The first kappa shape index (κ1) is 19.8. The van der Waals surface area contributed by atoms with E-state index in [4.69, 9.17) is 4.42 Å². The van der Waals surface area contributed by atoms with Crippen LogP contribution in [0, 0.1) is 0 Å². The van der Waals surface area contributed by atoms with Gasteiger partial charge in [0.05, 0.1) is 0 Å². The van der Waals surface area contributed by atoms with Gasteiger partial charge in [-0.05, 0) is 6.42 Å². The monoisotopic (exact) mass is 371 g/mol. The molecule has 0 bridgehead atoms. The van der Waals surface area contributed by atoms with Gasteiger partial charge in [0.15, 0.2) is 5.76 Å². The normalized spacial score (nSPS) is 10.1. The summed E-state index contributed by atoms with van der Waals surface area (Å²) in [5.74, 6) is -1.46. The molecule has 1 aromatic heterocycles. The quantitative estimate of drug-likeness (QED) is 0.404. The molecule has 0 unspecified atom stereocenters. The molecule has 3 aromatic rings. The highest BCUT2D eigenvalue weighted by atomic mass is 16.4. The molecule has 1 amide bonds. The van der Waals surface area contributed by atoms with Crippen LogP contribution in [0.5, 0.6) is 17.2 Å². The van der Waals surface area contributed by atoms with Crippen LogP contribution in [0.3, 0.4) is 0 Å². The maximum atomic E-state index is 12.5. The number of benzene rings is 2. The van der Waals surface area contributed by atoms with E-state index >= 15 is 0 Å². The molecule has 0 aliphatic rings. The van der Waals surface area contributed by atoms with Crippen molar-refractivity contribution in [3.63, 3.8) is 0 Å². The van der Waals surface area contributed by atoms with E-state index in [-0.39, 0.29) is 41.0 Å². The van der Waals surface area contributed by atoms with E-state index in [0.29, 0.717) is 12.0 Å². The van der Waals surface area contributed by atoms with Crippen LogP contribution in [-0.2, 0) is 11.2 Å². The lowest BCUT2D eigenvalue weighted by Gasteiger charge is -2.12. The summed E-state index contributed by atoms with van der Waals surface area (Å²) >= 11 is 0. The molecule has 0 saturated carbocycles. The molecule has 7 heteroatoms. The Balaban J connectivity index is 0.00000126. The summed E-state index contributed by atoms with van der Waals surface area (Å²) < 4.78 is 5.70. The van der Waals surface area contributed by atoms with Crippen LogP contribution in [0.25, 0.3) is 22.3 Å². The zero-order valence-electron chi connectivity index (χ0n) is 15.0. The highest BCUT2D eigenvalue weighted by molar-refractivity contribution is 5.91. The van der Waals surface area contributed by atoms with Crippen molar-refractivity contribution in [3.8, 4) is 28.6 Å². The van der Waals surface area contributed by atoms with Gasteiger partial charge in [-0.25, -0.2) is 0 Å². The standard InChI is InChI=1S/C18H15NO6.C2H6/c20-9-19-7-6-11-12(21)8-13(22)14-15(23)16(24)17(25-18(11)14)10-4-2-1-3-5-10;1-2/h1-5,8-9,21-22,24H,6-7H2,(H,19,20);1-2H3. The third-order valence-corrected chi connectivity index (χ3v) is 3.84. The van der Waals surface area contributed by atoms with Crippen molar-refractivity contribution in [2.24, 2.45) is 0 Å². The summed E-state index contributed by atoms with van der Waals surface area (Å²) in [6.07, 6.45) is 0.681. The fourth-order valence-corrected chi connectivity index (χ4v) is 2.66. The van der Waals surface area contributed by atoms with E-state index in [1.54, 1.807) is 30.3 Å². The number of rotatable bonds is 5. The van der Waals surface area contributed by atoms with E-state index in [2.05, 4.69) is 5.32 Å². The molecule has 7 nitrogen and oxygen atoms in total. The molecule has 3 rings (SSSR count). The van der Waals surface area contributed by atoms with Crippen molar-refractivity contribution in [3.05, 3.63) is 52.2 Å². The third kappa shape index (κ3) is 3.87. The summed E-state index contributed by atoms with van der Waals surface area (Å²) in [5, 5.41) is 32.6. The molecule has 0 fully saturated rings. The first-order chi connectivity index (χ1) is 13.0. The average molecular weight is 371 g/mol. The molecule has 142 valence electrons. The molecule has 1 heterocycles. The fraction of sp³-hybridized carbons (Fsp3) is 0.200. The molecule has 0 radical (unpaired) electrons. The van der Waals surface area contributed by atoms with Gasteiger partial charge >= 0.3 is 0 Å². The van der Waals surface area contributed by atoms with Gasteiger partial charge in [0.1, 0.15) is 22.5 Å². The summed E-state index contributed by atoms with van der Waals surface area (Å²) in [7, 11) is 0. The van der Waals surface area contributed by atoms with Crippen LogP contribution >= 0.6 is 0 Å². The summed E-state index contributed by atoms with van der Waals surface area (Å²) in [4.78, 5) is 22.9. The maximum Gasteiger partial charge on any atom is 0.238 e. The molecule has 4 N–H and O–H groups in total. The number of aromatic hydroxyl groups is 3. The third-order valence-electron chi connectivity index (χ3n) is 3.84. The predicted octanol–water partition coefficient (Wildman–Crippen LogP) is 2.89. The van der Waals surface area contributed by atoms with E-state index < -0.39 is 16.9 Å². The summed E-state index contributed by atoms with van der Waals surface area (Å²) in [6, 6.07) is 9.52. The van der Waals surface area contributed by atoms with Crippen molar-refractivity contribution in [1.82, 2.24) is 5.32 Å². The first-order valence-electron chi connectivity index (χ1n) is 8.50. The Labute approximate surface area is 155 Å². The van der Waals surface area contributed by atoms with Gasteiger partial charge in [0, 0.05) is 23.7 Å². The second-order valence-electron chi connectivity index (χ2n) is 5.39. The van der Waals surface area contributed by atoms with Gasteiger partial charge in [-0.2, -0.15) is 0 Å². The van der Waals surface area contributed by atoms with Crippen LogP contribution in [0.1, 0.15) is 19.4 Å². The fourth-order valence-electron chi connectivity index (χ4n) is 2.66. The highest BCUT2D eigenvalue weighted by Gasteiger charge is 2.22. The lowest BCUT2D eigenvalue weighted by molar-refractivity contribution is -0.109. The smallest absolute Gasteiger partial charge is 0.238 e. The molecular formula is C20H21NO6. The van der Waals surface area contributed by atoms with Gasteiger partial charge in [0.25, 0.3) is 0 Å². The van der Waals surface area contributed by atoms with Crippen molar-refractivity contribution in [2.45, 2.75) is 20.3 Å². The number of phenols is 2. The molecule has 0 spiro atoms. The number of hydrogen-bond acceptors (Lipinski definition) is 6. The zero-order chi connectivity index (χ0) is 20.0. The van der Waals surface area contributed by atoms with Gasteiger partial charge in [-0.1, -0.05) is 44.2 Å². The minimum Gasteiger partial charge on any atom is -0.507 e. The SMILES string of the molecule is CC.O=CNCCc1c(O)cc(O)c2c(=O)c(O)c(-c3ccccc3)oc12. The average Bonchev–Trinajstić information content (AvgIpc) is 2.68. The van der Waals surface area contributed by atoms with Crippen LogP contribution < -0.4 is 10.7 Å². The molecule has 2 aromatic carbocycles.